The largest absolute Gasteiger partial charge is 0.485 e. The van der Waals surface area contributed by atoms with Crippen LogP contribution < -0.4 is 14.2 Å². The minimum Gasteiger partial charge on any atom is -0.485 e. The second kappa shape index (κ2) is 5.17. The van der Waals surface area contributed by atoms with Crippen molar-refractivity contribution in [1.29, 1.82) is 0 Å². The van der Waals surface area contributed by atoms with Gasteiger partial charge in [-0.3, -0.25) is 0 Å². The summed E-state index contributed by atoms with van der Waals surface area (Å²) in [5.41, 5.74) is -0.000411. The zero-order valence-electron chi connectivity index (χ0n) is 11.0. The molecule has 110 valence electrons. The summed E-state index contributed by atoms with van der Waals surface area (Å²) in [4.78, 5) is 15.4. The van der Waals surface area contributed by atoms with Gasteiger partial charge in [-0.1, -0.05) is 11.6 Å². The van der Waals surface area contributed by atoms with Gasteiger partial charge in [0.1, 0.15) is 28.9 Å². The van der Waals surface area contributed by atoms with E-state index in [1.165, 1.54) is 18.3 Å². The van der Waals surface area contributed by atoms with Gasteiger partial charge >= 0.3 is 5.97 Å². The fourth-order valence-corrected chi connectivity index (χ4v) is 2.06. The summed E-state index contributed by atoms with van der Waals surface area (Å²) in [7, 11) is 1.74. The van der Waals surface area contributed by atoms with Crippen LogP contribution in [0.5, 0.6) is 17.2 Å². The van der Waals surface area contributed by atoms with Crippen LogP contribution in [0.1, 0.15) is 16.2 Å². The Morgan fingerprint density at radius 3 is 2.81 bits per heavy atom. The summed E-state index contributed by atoms with van der Waals surface area (Å²) in [5, 5.41) is 9.70. The molecule has 1 aromatic heterocycles. The third-order valence-corrected chi connectivity index (χ3v) is 3.44. The average molecular weight is 311 g/mol. The molecule has 7 nitrogen and oxygen atoms in total. The minimum atomic E-state index is -1.11. The first-order valence-corrected chi connectivity index (χ1v) is 6.40. The highest BCUT2D eigenvalue weighted by Crippen LogP contribution is 2.38. The van der Waals surface area contributed by atoms with Crippen molar-refractivity contribution in [2.24, 2.45) is 7.05 Å². The number of halogens is 1. The molecule has 0 saturated heterocycles. The lowest BCUT2D eigenvalue weighted by Gasteiger charge is -2.10. The second-order valence-electron chi connectivity index (χ2n) is 4.35. The molecule has 2 aromatic rings. The third-order valence-electron chi connectivity index (χ3n) is 3.09. The fourth-order valence-electron chi connectivity index (χ4n) is 1.91. The van der Waals surface area contributed by atoms with E-state index in [-0.39, 0.29) is 24.7 Å². The Labute approximate surface area is 124 Å². The lowest BCUT2D eigenvalue weighted by molar-refractivity contribution is 0.0691. The number of carboxylic acids is 1. The van der Waals surface area contributed by atoms with E-state index >= 15 is 0 Å². The van der Waals surface area contributed by atoms with E-state index < -0.39 is 5.97 Å². The van der Waals surface area contributed by atoms with Crippen LogP contribution >= 0.6 is 11.6 Å². The molecule has 21 heavy (non-hydrogen) atoms. The molecule has 0 radical (unpaired) electrons. The molecule has 0 saturated carbocycles. The van der Waals surface area contributed by atoms with Gasteiger partial charge in [0, 0.05) is 19.2 Å². The van der Waals surface area contributed by atoms with Gasteiger partial charge in [0.2, 0.25) is 6.79 Å². The number of aromatic carboxylic acids is 1. The van der Waals surface area contributed by atoms with E-state index in [0.717, 1.165) is 0 Å². The average Bonchev–Trinajstić information content (AvgIpc) is 3.03. The zero-order valence-corrected chi connectivity index (χ0v) is 11.8. The van der Waals surface area contributed by atoms with Crippen molar-refractivity contribution < 1.29 is 24.1 Å². The number of imidazole rings is 1. The van der Waals surface area contributed by atoms with Gasteiger partial charge < -0.3 is 23.9 Å². The molecule has 0 fully saturated rings. The van der Waals surface area contributed by atoms with E-state index in [1.54, 1.807) is 11.6 Å². The van der Waals surface area contributed by atoms with Gasteiger partial charge in [0.25, 0.3) is 0 Å². The Hall–Kier alpha value is -2.41. The monoisotopic (exact) mass is 310 g/mol. The van der Waals surface area contributed by atoms with Crippen molar-refractivity contribution in [2.45, 2.75) is 6.61 Å². The molecule has 0 unspecified atom stereocenters. The number of hydrogen-bond acceptors (Lipinski definition) is 5. The van der Waals surface area contributed by atoms with E-state index in [9.17, 15) is 9.90 Å². The summed E-state index contributed by atoms with van der Waals surface area (Å²) in [6, 6.07) is 2.88. The normalized spacial score (nSPS) is 12.5. The lowest BCUT2D eigenvalue weighted by Crippen LogP contribution is -2.07. The first-order chi connectivity index (χ1) is 10.1. The predicted octanol–water partition coefficient (Wildman–Crippen LogP) is 2.08. The minimum absolute atomic E-state index is 0.000411. The molecule has 0 aliphatic carbocycles. The molecule has 0 amide bonds. The van der Waals surface area contributed by atoms with Crippen LogP contribution in [-0.4, -0.2) is 27.4 Å². The quantitative estimate of drug-likeness (QED) is 0.931. The third kappa shape index (κ3) is 2.47. The van der Waals surface area contributed by atoms with E-state index in [1.807, 2.05) is 0 Å². The van der Waals surface area contributed by atoms with Crippen molar-refractivity contribution in [2.75, 3.05) is 6.79 Å². The van der Waals surface area contributed by atoms with Gasteiger partial charge in [-0.05, 0) is 0 Å². The highest BCUT2D eigenvalue weighted by atomic mass is 35.5. The Morgan fingerprint density at radius 2 is 2.19 bits per heavy atom. The Balaban J connectivity index is 1.87. The van der Waals surface area contributed by atoms with E-state index in [4.69, 9.17) is 25.8 Å². The number of ether oxygens (including phenoxy) is 3. The highest BCUT2D eigenvalue weighted by Gasteiger charge is 2.22. The predicted molar refractivity (Wildman–Crippen MR) is 72.1 cm³/mol. The van der Waals surface area contributed by atoms with Gasteiger partial charge in [0.05, 0.1) is 6.20 Å². The number of rotatable bonds is 4. The summed E-state index contributed by atoms with van der Waals surface area (Å²) < 4.78 is 17.6. The van der Waals surface area contributed by atoms with Crippen LogP contribution in [0.15, 0.2) is 18.3 Å². The number of carboxylic acid groups (broad SMARTS) is 1. The Bertz CT molecular complexity index is 713. The molecule has 0 spiro atoms. The standard InChI is InChI=1S/C13H11ClN2O5/c1-16-11(14)4-15-12(16)5-19-8-3-10-9(20-6-21-10)2-7(8)13(17)18/h2-4H,5-6H2,1H3,(H,17,18). The van der Waals surface area contributed by atoms with Crippen molar-refractivity contribution in [3.63, 3.8) is 0 Å². The molecule has 1 aliphatic heterocycles. The fraction of sp³-hybridized carbons (Fsp3) is 0.231. The van der Waals surface area contributed by atoms with Gasteiger partial charge in [-0.2, -0.15) is 0 Å². The highest BCUT2D eigenvalue weighted by molar-refractivity contribution is 6.29. The summed E-state index contributed by atoms with van der Waals surface area (Å²) in [6.07, 6.45) is 1.50. The Morgan fingerprint density at radius 1 is 1.48 bits per heavy atom. The first-order valence-electron chi connectivity index (χ1n) is 6.02. The number of nitrogens with zero attached hydrogens (tertiary/aromatic N) is 2. The maximum Gasteiger partial charge on any atom is 0.339 e. The topological polar surface area (TPSA) is 82.8 Å². The number of benzene rings is 1. The lowest BCUT2D eigenvalue weighted by atomic mass is 10.2. The van der Waals surface area contributed by atoms with Crippen LogP contribution in [0.3, 0.4) is 0 Å². The van der Waals surface area contributed by atoms with Crippen LogP contribution in [0, 0.1) is 0 Å². The summed E-state index contributed by atoms with van der Waals surface area (Å²) in [6.45, 7) is 0.149. The smallest absolute Gasteiger partial charge is 0.339 e. The SMILES string of the molecule is Cn1c(Cl)cnc1COc1cc2c(cc1C(=O)O)OCO2. The summed E-state index contributed by atoms with van der Waals surface area (Å²) in [5.74, 6) is 0.494. The molecular formula is C13H11ClN2O5. The van der Waals surface area contributed by atoms with Crippen molar-refractivity contribution in [1.82, 2.24) is 9.55 Å². The van der Waals surface area contributed by atoms with Gasteiger partial charge in [0.15, 0.2) is 11.5 Å². The maximum absolute atomic E-state index is 11.3. The van der Waals surface area contributed by atoms with Crippen LogP contribution in [0.2, 0.25) is 5.15 Å². The van der Waals surface area contributed by atoms with Crippen molar-refractivity contribution >= 4 is 17.6 Å². The molecule has 1 aromatic carbocycles. The number of carbonyl (C=O) groups is 1. The zero-order chi connectivity index (χ0) is 15.0. The van der Waals surface area contributed by atoms with E-state index in [2.05, 4.69) is 4.98 Å². The van der Waals surface area contributed by atoms with E-state index in [0.29, 0.717) is 22.5 Å². The maximum atomic E-state index is 11.3. The molecule has 2 heterocycles. The van der Waals surface area contributed by atoms with Crippen molar-refractivity contribution in [3.8, 4) is 17.2 Å². The molecule has 1 aliphatic rings. The van der Waals surface area contributed by atoms with Crippen LogP contribution in [-0.2, 0) is 13.7 Å². The van der Waals surface area contributed by atoms with Crippen molar-refractivity contribution in [3.05, 3.63) is 34.9 Å². The molecular weight excluding hydrogens is 300 g/mol. The summed E-state index contributed by atoms with van der Waals surface area (Å²) >= 11 is 5.88. The van der Waals surface area contributed by atoms with Crippen LogP contribution in [0.25, 0.3) is 0 Å². The second-order valence-corrected chi connectivity index (χ2v) is 4.74. The van der Waals surface area contributed by atoms with Gasteiger partial charge in [-0.25, -0.2) is 9.78 Å². The number of hydrogen-bond donors (Lipinski definition) is 1. The first kappa shape index (κ1) is 13.6. The number of aromatic nitrogens is 2. The molecule has 3 rings (SSSR count). The van der Waals surface area contributed by atoms with Gasteiger partial charge in [-0.15, -0.1) is 0 Å². The molecule has 0 bridgehead atoms. The molecule has 1 N–H and O–H groups in total. The number of fused-ring (bicyclic) bond motifs is 1. The molecule has 0 atom stereocenters. The molecule has 8 heteroatoms. The van der Waals surface area contributed by atoms with Crippen LogP contribution in [0.4, 0.5) is 0 Å². The Kier molecular flexibility index (Phi) is 3.34.